The third-order valence-corrected chi connectivity index (χ3v) is 5.84. The van der Waals surface area contributed by atoms with Crippen LogP contribution in [0.4, 0.5) is 0 Å². The second-order valence-corrected chi connectivity index (χ2v) is 7.92. The second kappa shape index (κ2) is 7.47. The van der Waals surface area contributed by atoms with Crippen molar-refractivity contribution in [3.8, 4) is 10.6 Å². The summed E-state index contributed by atoms with van der Waals surface area (Å²) in [5.41, 5.74) is 1.42. The fourth-order valence-electron chi connectivity index (χ4n) is 3.25. The fraction of sp³-hybridized carbons (Fsp3) is 0.368. The maximum atomic E-state index is 12.7. The molecular weight excluding hydrogens is 346 g/mol. The van der Waals surface area contributed by atoms with Crippen LogP contribution in [0.5, 0.6) is 0 Å². The zero-order chi connectivity index (χ0) is 17.9. The number of piperazine rings is 1. The number of H-pyrrole nitrogens is 1. The highest BCUT2D eigenvalue weighted by molar-refractivity contribution is 7.15. The van der Waals surface area contributed by atoms with E-state index in [9.17, 15) is 4.79 Å². The van der Waals surface area contributed by atoms with Gasteiger partial charge in [0.05, 0.1) is 10.6 Å². The molecule has 1 aliphatic heterocycles. The minimum absolute atomic E-state index is 0.0193. The molecule has 0 bridgehead atoms. The SMILES string of the molecule is Cc1ccc(-c2cc(C(=O)N3CCN(CCn4cccc4)CC3)n[nH]2)s1. The van der Waals surface area contributed by atoms with Gasteiger partial charge in [-0.2, -0.15) is 5.10 Å². The van der Waals surface area contributed by atoms with E-state index in [2.05, 4.69) is 51.1 Å². The summed E-state index contributed by atoms with van der Waals surface area (Å²) in [7, 11) is 0. The first-order valence-corrected chi connectivity index (χ1v) is 9.75. The Morgan fingerprint density at radius 3 is 2.62 bits per heavy atom. The van der Waals surface area contributed by atoms with E-state index in [4.69, 9.17) is 0 Å². The average Bonchev–Trinajstić information content (AvgIpc) is 3.41. The molecule has 7 heteroatoms. The molecule has 136 valence electrons. The van der Waals surface area contributed by atoms with Crippen molar-refractivity contribution in [1.82, 2.24) is 24.6 Å². The molecule has 4 rings (SSSR count). The Labute approximate surface area is 157 Å². The largest absolute Gasteiger partial charge is 0.353 e. The number of hydrogen-bond donors (Lipinski definition) is 1. The van der Waals surface area contributed by atoms with Crippen molar-refractivity contribution in [3.63, 3.8) is 0 Å². The molecule has 1 saturated heterocycles. The number of aromatic nitrogens is 3. The summed E-state index contributed by atoms with van der Waals surface area (Å²) in [6.45, 7) is 7.41. The Morgan fingerprint density at radius 2 is 1.92 bits per heavy atom. The van der Waals surface area contributed by atoms with Gasteiger partial charge in [0.2, 0.25) is 0 Å². The number of nitrogens with zero attached hydrogens (tertiary/aromatic N) is 4. The van der Waals surface area contributed by atoms with Crippen LogP contribution in [0, 0.1) is 6.92 Å². The fourth-order valence-corrected chi connectivity index (χ4v) is 4.08. The summed E-state index contributed by atoms with van der Waals surface area (Å²) < 4.78 is 2.19. The summed E-state index contributed by atoms with van der Waals surface area (Å²) in [5.74, 6) is 0.0193. The second-order valence-electron chi connectivity index (χ2n) is 6.63. The number of carbonyl (C=O) groups excluding carboxylic acids is 1. The monoisotopic (exact) mass is 369 g/mol. The van der Waals surface area contributed by atoms with Crippen LogP contribution < -0.4 is 0 Å². The molecule has 0 saturated carbocycles. The van der Waals surface area contributed by atoms with Crippen LogP contribution in [-0.4, -0.2) is 63.2 Å². The zero-order valence-corrected chi connectivity index (χ0v) is 15.7. The van der Waals surface area contributed by atoms with E-state index in [1.165, 1.54) is 4.88 Å². The van der Waals surface area contributed by atoms with Crippen LogP contribution in [-0.2, 0) is 6.54 Å². The summed E-state index contributed by atoms with van der Waals surface area (Å²) in [5, 5.41) is 7.24. The van der Waals surface area contributed by atoms with E-state index in [1.807, 2.05) is 23.1 Å². The smallest absolute Gasteiger partial charge is 0.274 e. The van der Waals surface area contributed by atoms with E-state index in [-0.39, 0.29) is 5.91 Å². The number of rotatable bonds is 5. The Bertz CT molecular complexity index is 858. The number of aromatic amines is 1. The van der Waals surface area contributed by atoms with Crippen molar-refractivity contribution in [2.45, 2.75) is 13.5 Å². The van der Waals surface area contributed by atoms with E-state index < -0.39 is 0 Å². The molecule has 1 fully saturated rings. The van der Waals surface area contributed by atoms with Crippen molar-refractivity contribution in [1.29, 1.82) is 0 Å². The molecule has 26 heavy (non-hydrogen) atoms. The maximum absolute atomic E-state index is 12.7. The molecule has 4 heterocycles. The minimum atomic E-state index is 0.0193. The minimum Gasteiger partial charge on any atom is -0.353 e. The van der Waals surface area contributed by atoms with E-state index in [0.29, 0.717) is 5.69 Å². The molecule has 0 aromatic carbocycles. The molecule has 3 aromatic rings. The Morgan fingerprint density at radius 1 is 1.15 bits per heavy atom. The number of nitrogens with one attached hydrogen (secondary N) is 1. The standard InChI is InChI=1S/C19H23N5OS/c1-15-4-5-18(26-15)16-14-17(21-20-16)19(25)24-12-10-23(11-13-24)9-8-22-6-2-3-7-22/h2-7,14H,8-13H2,1H3,(H,20,21). The van der Waals surface area contributed by atoms with Gasteiger partial charge in [0.1, 0.15) is 0 Å². The lowest BCUT2D eigenvalue weighted by Gasteiger charge is -2.34. The summed E-state index contributed by atoms with van der Waals surface area (Å²) in [6.07, 6.45) is 4.17. The van der Waals surface area contributed by atoms with Crippen molar-refractivity contribution >= 4 is 17.2 Å². The van der Waals surface area contributed by atoms with Crippen molar-refractivity contribution < 1.29 is 4.79 Å². The van der Waals surface area contributed by atoms with Gasteiger partial charge in [-0.1, -0.05) is 0 Å². The molecule has 0 aliphatic carbocycles. The molecule has 1 aliphatic rings. The topological polar surface area (TPSA) is 57.2 Å². The quantitative estimate of drug-likeness (QED) is 0.752. The van der Waals surface area contributed by atoms with Crippen molar-refractivity contribution in [2.75, 3.05) is 32.7 Å². The summed E-state index contributed by atoms with van der Waals surface area (Å²) in [6, 6.07) is 10.1. The normalized spacial score (nSPS) is 15.5. The first-order valence-electron chi connectivity index (χ1n) is 8.93. The highest BCUT2D eigenvalue weighted by Gasteiger charge is 2.24. The van der Waals surface area contributed by atoms with Crippen molar-refractivity contribution in [3.05, 3.63) is 53.3 Å². The first-order chi connectivity index (χ1) is 12.7. The maximum Gasteiger partial charge on any atom is 0.274 e. The first kappa shape index (κ1) is 17.1. The van der Waals surface area contributed by atoms with Gasteiger partial charge in [-0.3, -0.25) is 14.8 Å². The van der Waals surface area contributed by atoms with Crippen LogP contribution in [0.1, 0.15) is 15.4 Å². The predicted molar refractivity (Wildman–Crippen MR) is 103 cm³/mol. The number of carbonyl (C=O) groups is 1. The molecule has 0 radical (unpaired) electrons. The van der Waals surface area contributed by atoms with Gasteiger partial charge in [-0.05, 0) is 37.3 Å². The van der Waals surface area contributed by atoms with E-state index in [0.717, 1.165) is 49.8 Å². The van der Waals surface area contributed by atoms with Crippen molar-refractivity contribution in [2.24, 2.45) is 0 Å². The molecule has 3 aromatic heterocycles. The number of amides is 1. The van der Waals surface area contributed by atoms with Gasteiger partial charge < -0.3 is 9.47 Å². The Kier molecular flexibility index (Phi) is 4.90. The third-order valence-electron chi connectivity index (χ3n) is 4.80. The van der Waals surface area contributed by atoms with Gasteiger partial charge in [0, 0.05) is 56.5 Å². The molecule has 1 amide bonds. The lowest BCUT2D eigenvalue weighted by Crippen LogP contribution is -2.49. The average molecular weight is 369 g/mol. The number of aryl methyl sites for hydroxylation is 1. The molecular formula is C19H23N5OS. The Balaban J connectivity index is 1.31. The van der Waals surface area contributed by atoms with Crippen LogP contribution >= 0.6 is 11.3 Å². The highest BCUT2D eigenvalue weighted by atomic mass is 32.1. The van der Waals surface area contributed by atoms with Crippen LogP contribution in [0.3, 0.4) is 0 Å². The lowest BCUT2D eigenvalue weighted by molar-refractivity contribution is 0.0627. The van der Waals surface area contributed by atoms with E-state index in [1.54, 1.807) is 11.3 Å². The van der Waals surface area contributed by atoms with Gasteiger partial charge in [-0.25, -0.2) is 0 Å². The van der Waals surface area contributed by atoms with Crippen LogP contribution in [0.25, 0.3) is 10.6 Å². The van der Waals surface area contributed by atoms with E-state index >= 15 is 0 Å². The lowest BCUT2D eigenvalue weighted by atomic mass is 10.2. The number of hydrogen-bond acceptors (Lipinski definition) is 4. The van der Waals surface area contributed by atoms with Gasteiger partial charge in [0.15, 0.2) is 5.69 Å². The molecule has 6 nitrogen and oxygen atoms in total. The zero-order valence-electron chi connectivity index (χ0n) is 14.9. The molecule has 1 N–H and O–H groups in total. The number of thiophene rings is 1. The predicted octanol–water partition coefficient (Wildman–Crippen LogP) is 2.71. The third kappa shape index (κ3) is 3.73. The van der Waals surface area contributed by atoms with Crippen LogP contribution in [0.2, 0.25) is 0 Å². The molecule has 0 atom stereocenters. The summed E-state index contributed by atoms with van der Waals surface area (Å²) >= 11 is 1.70. The highest BCUT2D eigenvalue weighted by Crippen LogP contribution is 2.26. The van der Waals surface area contributed by atoms with Gasteiger partial charge in [0.25, 0.3) is 5.91 Å². The molecule has 0 spiro atoms. The van der Waals surface area contributed by atoms with Gasteiger partial charge >= 0.3 is 0 Å². The summed E-state index contributed by atoms with van der Waals surface area (Å²) in [4.78, 5) is 19.4. The molecule has 0 unspecified atom stereocenters. The Hall–Kier alpha value is -2.38. The van der Waals surface area contributed by atoms with Crippen LogP contribution in [0.15, 0.2) is 42.7 Å². The van der Waals surface area contributed by atoms with Gasteiger partial charge in [-0.15, -0.1) is 11.3 Å².